The van der Waals surface area contributed by atoms with E-state index in [0.717, 1.165) is 11.4 Å². The first-order chi connectivity index (χ1) is 28.6. The summed E-state index contributed by atoms with van der Waals surface area (Å²) in [6.07, 6.45) is 0. The molecule has 0 saturated carbocycles. The highest BCUT2D eigenvalue weighted by Crippen LogP contribution is 2.49. The van der Waals surface area contributed by atoms with Crippen molar-refractivity contribution in [1.29, 1.82) is 0 Å². The topological polar surface area (TPSA) is 3.24 Å². The molecule has 1 nitrogen and oxygen atoms in total. The van der Waals surface area contributed by atoms with Gasteiger partial charge in [-0.05, 0) is 140 Å². The SMILES string of the molecule is Cc1ccc(N(c2ccc(C)cc2)c2c3ccccc3c(-c3ccc4sc5cc6c7ccccc7c7cc8ccccc8cc7c6cc5c4c3)c3ccccc23)cc1. The Balaban J connectivity index is 1.14. The lowest BCUT2D eigenvalue weighted by atomic mass is 9.89. The van der Waals surface area contributed by atoms with Crippen LogP contribution in [0.3, 0.4) is 0 Å². The fourth-order valence-corrected chi connectivity index (χ4v) is 10.6. The van der Waals surface area contributed by atoms with Crippen LogP contribution in [0.15, 0.2) is 188 Å². The zero-order valence-electron chi connectivity index (χ0n) is 32.3. The third-order valence-corrected chi connectivity index (χ3v) is 13.4. The minimum absolute atomic E-state index is 1.14. The maximum Gasteiger partial charge on any atom is 0.0618 e. The van der Waals surface area contributed by atoms with Crippen LogP contribution in [-0.4, -0.2) is 0 Å². The highest BCUT2D eigenvalue weighted by molar-refractivity contribution is 7.25. The van der Waals surface area contributed by atoms with Crippen LogP contribution < -0.4 is 4.90 Å². The molecule has 1 aromatic heterocycles. The molecule has 272 valence electrons. The van der Waals surface area contributed by atoms with E-state index in [4.69, 9.17) is 0 Å². The van der Waals surface area contributed by atoms with Gasteiger partial charge in [-0.1, -0.05) is 139 Å². The van der Waals surface area contributed by atoms with E-state index in [1.54, 1.807) is 0 Å². The van der Waals surface area contributed by atoms with Crippen LogP contribution in [0.4, 0.5) is 17.1 Å². The Morgan fingerprint density at radius 3 is 1.34 bits per heavy atom. The summed E-state index contributed by atoms with van der Waals surface area (Å²) in [5.74, 6) is 0. The third kappa shape index (κ3) is 5.02. The molecule has 0 radical (unpaired) electrons. The normalized spacial score (nSPS) is 12.0. The summed E-state index contributed by atoms with van der Waals surface area (Å²) in [5, 5.41) is 18.0. The monoisotopic (exact) mass is 755 g/mol. The molecule has 1 heterocycles. The molecule has 0 amide bonds. The summed E-state index contributed by atoms with van der Waals surface area (Å²) in [6, 6.07) is 70.4. The molecule has 58 heavy (non-hydrogen) atoms. The Kier molecular flexibility index (Phi) is 7.30. The van der Waals surface area contributed by atoms with Gasteiger partial charge in [0, 0.05) is 42.3 Å². The van der Waals surface area contributed by atoms with Crippen LogP contribution in [0.5, 0.6) is 0 Å². The number of hydrogen-bond donors (Lipinski definition) is 0. The highest BCUT2D eigenvalue weighted by Gasteiger charge is 2.23. The van der Waals surface area contributed by atoms with Crippen molar-refractivity contribution in [3.8, 4) is 11.1 Å². The quantitative estimate of drug-likeness (QED) is 0.128. The summed E-state index contributed by atoms with van der Waals surface area (Å²) in [6.45, 7) is 4.31. The third-order valence-electron chi connectivity index (χ3n) is 12.3. The van der Waals surface area contributed by atoms with E-state index < -0.39 is 0 Å². The number of fused-ring (bicyclic) bond motifs is 12. The predicted molar refractivity (Wildman–Crippen MR) is 254 cm³/mol. The van der Waals surface area contributed by atoms with Crippen molar-refractivity contribution in [3.05, 3.63) is 199 Å². The van der Waals surface area contributed by atoms with E-state index in [0.29, 0.717) is 0 Å². The number of aryl methyl sites for hydroxylation is 2. The van der Waals surface area contributed by atoms with E-state index in [1.807, 2.05) is 11.3 Å². The molecule has 12 rings (SSSR count). The van der Waals surface area contributed by atoms with Crippen molar-refractivity contribution >= 4 is 113 Å². The van der Waals surface area contributed by atoms with Gasteiger partial charge < -0.3 is 4.90 Å². The number of nitrogens with zero attached hydrogens (tertiary/aromatic N) is 1. The molecule has 11 aromatic carbocycles. The highest BCUT2D eigenvalue weighted by atomic mass is 32.1. The van der Waals surface area contributed by atoms with Crippen molar-refractivity contribution in [2.75, 3.05) is 4.90 Å². The largest absolute Gasteiger partial charge is 0.309 e. The molecule has 0 fully saturated rings. The van der Waals surface area contributed by atoms with Gasteiger partial charge in [0.05, 0.1) is 5.69 Å². The summed E-state index contributed by atoms with van der Waals surface area (Å²) in [4.78, 5) is 2.45. The molecule has 0 saturated heterocycles. The predicted octanol–water partition coefficient (Wildman–Crippen LogP) is 16.7. The second-order valence-corrected chi connectivity index (χ2v) is 16.9. The number of benzene rings is 11. The second kappa shape index (κ2) is 12.8. The van der Waals surface area contributed by atoms with E-state index in [9.17, 15) is 0 Å². The minimum atomic E-state index is 1.14. The fourth-order valence-electron chi connectivity index (χ4n) is 9.51. The van der Waals surface area contributed by atoms with Gasteiger partial charge in [0.1, 0.15) is 0 Å². The van der Waals surface area contributed by atoms with Gasteiger partial charge in [-0.25, -0.2) is 0 Å². The molecule has 0 atom stereocenters. The Bertz CT molecular complexity index is 3530. The molecular weight excluding hydrogens is 719 g/mol. The molecule has 0 bridgehead atoms. The lowest BCUT2D eigenvalue weighted by Gasteiger charge is -2.29. The van der Waals surface area contributed by atoms with E-state index in [-0.39, 0.29) is 0 Å². The van der Waals surface area contributed by atoms with Crippen molar-refractivity contribution < 1.29 is 0 Å². The lowest BCUT2D eigenvalue weighted by Crippen LogP contribution is -2.11. The molecular formula is C56H37NS. The summed E-state index contributed by atoms with van der Waals surface area (Å²) in [7, 11) is 0. The van der Waals surface area contributed by atoms with Gasteiger partial charge >= 0.3 is 0 Å². The van der Waals surface area contributed by atoms with Crippen molar-refractivity contribution in [3.63, 3.8) is 0 Å². The van der Waals surface area contributed by atoms with Gasteiger partial charge in [0.2, 0.25) is 0 Å². The molecule has 12 aromatic rings. The van der Waals surface area contributed by atoms with Crippen molar-refractivity contribution in [2.24, 2.45) is 0 Å². The first kappa shape index (κ1) is 33.2. The molecule has 0 N–H and O–H groups in total. The summed E-state index contributed by atoms with van der Waals surface area (Å²) < 4.78 is 2.63. The van der Waals surface area contributed by atoms with Gasteiger partial charge in [-0.15, -0.1) is 11.3 Å². The number of rotatable bonds is 4. The van der Waals surface area contributed by atoms with Crippen LogP contribution in [0, 0.1) is 13.8 Å². The molecule has 0 aliphatic heterocycles. The van der Waals surface area contributed by atoms with Crippen LogP contribution in [0.25, 0.3) is 95.9 Å². The standard InChI is InChI=1S/C56H37NS/c1-34-19-24-39(25-20-34)57(40-26-21-35(2)22-27-40)56-45-17-9-7-15-43(45)55(44-16-8-10-18-46(44)56)38-23-28-53-51(31-38)52-32-49-48-30-37-12-4-3-11-36(37)29-47(48)41-13-5-6-14-42(41)50(49)33-54(52)58-53/h3-33H,1-2H3. The van der Waals surface area contributed by atoms with Gasteiger partial charge in [0.15, 0.2) is 0 Å². The Hall–Kier alpha value is -7.00. The number of thiophene rings is 1. The molecule has 0 aliphatic rings. The lowest BCUT2D eigenvalue weighted by molar-refractivity contribution is 1.29. The Morgan fingerprint density at radius 2 is 0.776 bits per heavy atom. The number of hydrogen-bond acceptors (Lipinski definition) is 2. The first-order valence-corrected chi connectivity index (χ1v) is 20.9. The van der Waals surface area contributed by atoms with Crippen molar-refractivity contribution in [2.45, 2.75) is 13.8 Å². The van der Waals surface area contributed by atoms with E-state index in [1.165, 1.54) is 113 Å². The van der Waals surface area contributed by atoms with Gasteiger partial charge in [-0.2, -0.15) is 0 Å². The molecule has 0 spiro atoms. The van der Waals surface area contributed by atoms with E-state index >= 15 is 0 Å². The van der Waals surface area contributed by atoms with Crippen LogP contribution in [0.2, 0.25) is 0 Å². The average molecular weight is 756 g/mol. The Morgan fingerprint density at radius 1 is 0.328 bits per heavy atom. The Labute approximate surface area is 340 Å². The zero-order chi connectivity index (χ0) is 38.5. The smallest absolute Gasteiger partial charge is 0.0618 e. The summed E-state index contributed by atoms with van der Waals surface area (Å²) in [5.41, 5.74) is 8.48. The van der Waals surface area contributed by atoms with Gasteiger partial charge in [-0.3, -0.25) is 0 Å². The summed E-state index contributed by atoms with van der Waals surface area (Å²) >= 11 is 1.90. The maximum absolute atomic E-state index is 2.48. The first-order valence-electron chi connectivity index (χ1n) is 20.1. The molecule has 0 unspecified atom stereocenters. The van der Waals surface area contributed by atoms with Crippen LogP contribution in [0.1, 0.15) is 11.1 Å². The second-order valence-electron chi connectivity index (χ2n) is 15.8. The molecule has 0 aliphatic carbocycles. The maximum atomic E-state index is 2.48. The average Bonchev–Trinajstić information content (AvgIpc) is 3.63. The molecule has 2 heteroatoms. The zero-order valence-corrected chi connectivity index (χ0v) is 33.1. The number of anilines is 3. The minimum Gasteiger partial charge on any atom is -0.309 e. The van der Waals surface area contributed by atoms with Crippen LogP contribution in [-0.2, 0) is 0 Å². The van der Waals surface area contributed by atoms with Crippen molar-refractivity contribution in [1.82, 2.24) is 0 Å². The van der Waals surface area contributed by atoms with Crippen LogP contribution >= 0.6 is 11.3 Å². The van der Waals surface area contributed by atoms with E-state index in [2.05, 4.69) is 207 Å². The van der Waals surface area contributed by atoms with Gasteiger partial charge in [0.25, 0.3) is 0 Å². The fraction of sp³-hybridized carbons (Fsp3) is 0.0357.